The normalized spacial score (nSPS) is 41.4. The lowest BCUT2D eigenvalue weighted by molar-refractivity contribution is -0.138. The first-order valence-corrected chi connectivity index (χ1v) is 11.7. The number of allylic oxidation sites excluding steroid dienone is 2. The minimum absolute atomic E-state index is 0.0235. The highest BCUT2D eigenvalue weighted by molar-refractivity contribution is 5.91. The molecule has 0 heterocycles. The SMILES string of the molecule is C=C1C[C@@]2(C)[C@@H](CC[C@@]2(O)C(=C)[C@H](CC)CC(=O)O)[C@@H]2CCC3=CC(=O)CC[C@@H]3[C@@H]12. The molecule has 4 aliphatic carbocycles. The Bertz CT molecular complexity index is 823. The van der Waals surface area contributed by atoms with E-state index < -0.39 is 11.6 Å². The van der Waals surface area contributed by atoms with E-state index >= 15 is 0 Å². The van der Waals surface area contributed by atoms with E-state index in [0.29, 0.717) is 48.5 Å². The fraction of sp³-hybridized carbons (Fsp3) is 0.692. The first-order valence-electron chi connectivity index (χ1n) is 11.7. The molecule has 0 saturated heterocycles. The van der Waals surface area contributed by atoms with Crippen LogP contribution < -0.4 is 0 Å². The molecule has 0 aromatic rings. The Hall–Kier alpha value is -1.68. The summed E-state index contributed by atoms with van der Waals surface area (Å²) in [5.41, 5.74) is 1.86. The summed E-state index contributed by atoms with van der Waals surface area (Å²) in [4.78, 5) is 23.3. The van der Waals surface area contributed by atoms with E-state index in [-0.39, 0.29) is 23.5 Å². The second kappa shape index (κ2) is 7.47. The quantitative estimate of drug-likeness (QED) is 0.617. The lowest BCUT2D eigenvalue weighted by Gasteiger charge is -2.57. The lowest BCUT2D eigenvalue weighted by Crippen LogP contribution is -2.54. The van der Waals surface area contributed by atoms with E-state index in [9.17, 15) is 19.8 Å². The smallest absolute Gasteiger partial charge is 0.303 e. The number of rotatable bonds is 5. The van der Waals surface area contributed by atoms with Gasteiger partial charge in [-0.25, -0.2) is 0 Å². The predicted molar refractivity (Wildman–Crippen MR) is 117 cm³/mol. The standard InChI is InChI=1S/C26H36O4/c1-5-17(13-23(28)29)16(3)26(30)11-10-22-21-8-6-18-12-19(27)7-9-20(18)24(21)15(2)14-25(22,26)4/h12,17,20-22,24,30H,2-3,5-11,13-14H2,1,4H3,(H,28,29)/t17-,20+,21+,22+,24-,25+,26-/m1/s1. The number of carbonyl (C=O) groups is 2. The third-order valence-corrected chi connectivity index (χ3v) is 9.29. The average molecular weight is 413 g/mol. The summed E-state index contributed by atoms with van der Waals surface area (Å²) >= 11 is 0. The summed E-state index contributed by atoms with van der Waals surface area (Å²) in [6.45, 7) is 13.0. The number of hydrogen-bond donors (Lipinski definition) is 2. The number of ketones is 1. The fourth-order valence-corrected chi connectivity index (χ4v) is 7.81. The molecule has 0 unspecified atom stereocenters. The van der Waals surface area contributed by atoms with Crippen molar-refractivity contribution in [3.8, 4) is 0 Å². The van der Waals surface area contributed by atoms with Gasteiger partial charge in [-0.1, -0.05) is 38.2 Å². The zero-order valence-corrected chi connectivity index (χ0v) is 18.5. The molecule has 0 aromatic heterocycles. The van der Waals surface area contributed by atoms with Crippen molar-refractivity contribution in [3.63, 3.8) is 0 Å². The van der Waals surface area contributed by atoms with Crippen LogP contribution in [0.1, 0.15) is 71.6 Å². The van der Waals surface area contributed by atoms with E-state index in [1.807, 2.05) is 13.0 Å². The zero-order chi connectivity index (χ0) is 21.8. The van der Waals surface area contributed by atoms with Crippen molar-refractivity contribution in [2.24, 2.45) is 35.0 Å². The molecule has 0 aromatic carbocycles. The Morgan fingerprint density at radius 1 is 1.30 bits per heavy atom. The van der Waals surface area contributed by atoms with Gasteiger partial charge in [0.05, 0.1) is 12.0 Å². The molecule has 30 heavy (non-hydrogen) atoms. The molecule has 2 N–H and O–H groups in total. The Labute approximate surface area is 180 Å². The second-order valence-corrected chi connectivity index (χ2v) is 10.5. The molecule has 0 amide bonds. The van der Waals surface area contributed by atoms with Crippen LogP contribution in [0.3, 0.4) is 0 Å². The largest absolute Gasteiger partial charge is 0.481 e. The van der Waals surface area contributed by atoms with E-state index in [2.05, 4.69) is 20.1 Å². The minimum Gasteiger partial charge on any atom is -0.481 e. The molecule has 0 aliphatic heterocycles. The predicted octanol–water partition coefficient (Wildman–Crippen LogP) is 5.08. The maximum atomic E-state index is 12.0. The summed E-state index contributed by atoms with van der Waals surface area (Å²) in [5.74, 6) is 0.932. The van der Waals surface area contributed by atoms with E-state index in [4.69, 9.17) is 0 Å². The monoisotopic (exact) mass is 412 g/mol. The Morgan fingerprint density at radius 2 is 2.03 bits per heavy atom. The molecule has 3 fully saturated rings. The molecule has 0 bridgehead atoms. The van der Waals surface area contributed by atoms with Crippen LogP contribution >= 0.6 is 0 Å². The van der Waals surface area contributed by atoms with Crippen LogP contribution in [0.4, 0.5) is 0 Å². The topological polar surface area (TPSA) is 74.6 Å². The lowest BCUT2D eigenvalue weighted by atomic mass is 9.48. The van der Waals surface area contributed by atoms with Crippen molar-refractivity contribution in [2.45, 2.75) is 77.2 Å². The number of fused-ring (bicyclic) bond motifs is 5. The van der Waals surface area contributed by atoms with Crippen molar-refractivity contribution in [3.05, 3.63) is 36.0 Å². The van der Waals surface area contributed by atoms with Gasteiger partial charge in [0.1, 0.15) is 0 Å². The Balaban J connectivity index is 1.65. The molecule has 4 heteroatoms. The first-order chi connectivity index (χ1) is 14.1. The van der Waals surface area contributed by atoms with Crippen molar-refractivity contribution >= 4 is 11.8 Å². The van der Waals surface area contributed by atoms with Gasteiger partial charge >= 0.3 is 5.97 Å². The van der Waals surface area contributed by atoms with Crippen molar-refractivity contribution < 1.29 is 19.8 Å². The minimum atomic E-state index is -1.04. The van der Waals surface area contributed by atoms with Crippen LogP contribution in [0.2, 0.25) is 0 Å². The van der Waals surface area contributed by atoms with Gasteiger partial charge in [0.15, 0.2) is 5.78 Å². The van der Waals surface area contributed by atoms with Gasteiger partial charge in [-0.3, -0.25) is 9.59 Å². The van der Waals surface area contributed by atoms with E-state index in [1.165, 1.54) is 11.1 Å². The molecule has 7 atom stereocenters. The highest BCUT2D eigenvalue weighted by atomic mass is 16.4. The molecule has 4 nitrogen and oxygen atoms in total. The van der Waals surface area contributed by atoms with Gasteiger partial charge in [0.25, 0.3) is 0 Å². The van der Waals surface area contributed by atoms with Crippen LogP contribution in [0.15, 0.2) is 36.0 Å². The fourth-order valence-electron chi connectivity index (χ4n) is 7.81. The third-order valence-electron chi connectivity index (χ3n) is 9.29. The molecule has 0 radical (unpaired) electrons. The molecule has 164 valence electrons. The van der Waals surface area contributed by atoms with Gasteiger partial charge in [0.2, 0.25) is 0 Å². The van der Waals surface area contributed by atoms with Gasteiger partial charge in [-0.2, -0.15) is 0 Å². The Kier molecular flexibility index (Phi) is 5.37. The summed E-state index contributed by atoms with van der Waals surface area (Å²) in [6.07, 6.45) is 8.57. The number of aliphatic carboxylic acids is 1. The molecular formula is C26H36O4. The third kappa shape index (κ3) is 3.05. The van der Waals surface area contributed by atoms with Crippen LogP contribution in [0.25, 0.3) is 0 Å². The summed E-state index contributed by atoms with van der Waals surface area (Å²) in [5, 5.41) is 21.4. The summed E-state index contributed by atoms with van der Waals surface area (Å²) in [6, 6.07) is 0. The molecule has 0 spiro atoms. The number of carbonyl (C=O) groups excluding carboxylic acids is 1. The maximum absolute atomic E-state index is 12.0. The zero-order valence-electron chi connectivity index (χ0n) is 18.5. The van der Waals surface area contributed by atoms with Crippen molar-refractivity contribution in [2.75, 3.05) is 0 Å². The van der Waals surface area contributed by atoms with Gasteiger partial charge < -0.3 is 10.2 Å². The van der Waals surface area contributed by atoms with Crippen LogP contribution in [0, 0.1) is 35.0 Å². The number of carboxylic acids is 1. The number of carboxylic acid groups (broad SMARTS) is 1. The highest BCUT2D eigenvalue weighted by Gasteiger charge is 2.64. The van der Waals surface area contributed by atoms with Crippen LogP contribution in [-0.2, 0) is 9.59 Å². The van der Waals surface area contributed by atoms with Crippen LogP contribution in [-0.4, -0.2) is 27.6 Å². The number of aliphatic hydroxyl groups is 1. The molecule has 4 aliphatic rings. The van der Waals surface area contributed by atoms with Gasteiger partial charge in [0, 0.05) is 11.8 Å². The van der Waals surface area contributed by atoms with Crippen LogP contribution in [0.5, 0.6) is 0 Å². The number of hydrogen-bond acceptors (Lipinski definition) is 3. The second-order valence-electron chi connectivity index (χ2n) is 10.5. The first kappa shape index (κ1) is 21.5. The van der Waals surface area contributed by atoms with Gasteiger partial charge in [-0.15, -0.1) is 0 Å². The summed E-state index contributed by atoms with van der Waals surface area (Å²) < 4.78 is 0. The Morgan fingerprint density at radius 3 is 2.70 bits per heavy atom. The molecule has 3 saturated carbocycles. The molecule has 4 rings (SSSR count). The maximum Gasteiger partial charge on any atom is 0.303 e. The summed E-state index contributed by atoms with van der Waals surface area (Å²) in [7, 11) is 0. The molecular weight excluding hydrogens is 376 g/mol. The highest BCUT2D eigenvalue weighted by Crippen LogP contribution is 2.67. The van der Waals surface area contributed by atoms with Crippen molar-refractivity contribution in [1.29, 1.82) is 0 Å². The average Bonchev–Trinajstić information content (AvgIpc) is 2.96. The van der Waals surface area contributed by atoms with Gasteiger partial charge in [-0.05, 0) is 86.2 Å². The van der Waals surface area contributed by atoms with Crippen molar-refractivity contribution in [1.82, 2.24) is 0 Å². The van der Waals surface area contributed by atoms with E-state index in [0.717, 1.165) is 32.1 Å². The van der Waals surface area contributed by atoms with E-state index in [1.54, 1.807) is 0 Å².